The van der Waals surface area contributed by atoms with Gasteiger partial charge in [0.15, 0.2) is 0 Å². The van der Waals surface area contributed by atoms with E-state index in [9.17, 15) is 4.79 Å². The number of rotatable bonds is 5. The van der Waals surface area contributed by atoms with Gasteiger partial charge in [0.1, 0.15) is 5.69 Å². The predicted molar refractivity (Wildman–Crippen MR) is 110 cm³/mol. The van der Waals surface area contributed by atoms with Crippen LogP contribution in [0.1, 0.15) is 40.4 Å². The number of benzene rings is 2. The molecule has 2 aromatic carbocycles. The van der Waals surface area contributed by atoms with Crippen LogP contribution < -0.4 is 10.6 Å². The maximum atomic E-state index is 12.8. The molecule has 4 heteroatoms. The summed E-state index contributed by atoms with van der Waals surface area (Å²) in [7, 11) is 0. The second-order valence-corrected chi connectivity index (χ2v) is 7.54. The first-order chi connectivity index (χ1) is 13.2. The lowest BCUT2D eigenvalue weighted by molar-refractivity contribution is 0.0942. The number of amides is 1. The molecule has 140 valence electrons. The van der Waals surface area contributed by atoms with Crippen LogP contribution >= 0.6 is 0 Å². The Hall–Kier alpha value is -2.59. The first-order valence-corrected chi connectivity index (χ1v) is 9.84. The molecule has 1 amide bonds. The molecule has 1 atom stereocenters. The summed E-state index contributed by atoms with van der Waals surface area (Å²) in [4.78, 5) is 16.1. The van der Waals surface area contributed by atoms with Crippen LogP contribution in [0.3, 0.4) is 0 Å². The second-order valence-electron chi connectivity index (χ2n) is 7.54. The Morgan fingerprint density at radius 3 is 2.63 bits per heavy atom. The molecule has 1 saturated heterocycles. The van der Waals surface area contributed by atoms with Crippen molar-refractivity contribution in [1.29, 1.82) is 0 Å². The minimum absolute atomic E-state index is 0.0273. The van der Waals surface area contributed by atoms with Gasteiger partial charge in [-0.1, -0.05) is 48.5 Å². The van der Waals surface area contributed by atoms with Crippen molar-refractivity contribution in [3.05, 3.63) is 71.4 Å². The molecule has 27 heavy (non-hydrogen) atoms. The minimum Gasteiger partial charge on any atom is -0.350 e. The topological polar surface area (TPSA) is 56.9 Å². The number of nitrogens with one attached hydrogen (secondary N) is 3. The number of piperidine rings is 1. The molecular weight excluding hydrogens is 334 g/mol. The molecule has 3 N–H and O–H groups in total. The summed E-state index contributed by atoms with van der Waals surface area (Å²) in [5, 5.41) is 7.71. The number of carbonyl (C=O) groups is 1. The number of carbonyl (C=O) groups excluding carboxylic acids is 1. The average Bonchev–Trinajstić information content (AvgIpc) is 3.16. The highest BCUT2D eigenvalue weighted by Gasteiger charge is 2.25. The Morgan fingerprint density at radius 2 is 1.89 bits per heavy atom. The summed E-state index contributed by atoms with van der Waals surface area (Å²) in [5.41, 5.74) is 4.15. The molecule has 0 radical (unpaired) electrons. The largest absolute Gasteiger partial charge is 0.350 e. The van der Waals surface area contributed by atoms with Crippen molar-refractivity contribution >= 4 is 16.8 Å². The summed E-state index contributed by atoms with van der Waals surface area (Å²) < 4.78 is 0. The molecule has 0 bridgehead atoms. The van der Waals surface area contributed by atoms with Crippen molar-refractivity contribution in [3.8, 4) is 0 Å². The monoisotopic (exact) mass is 361 g/mol. The predicted octanol–water partition coefficient (Wildman–Crippen LogP) is 3.99. The van der Waals surface area contributed by atoms with Gasteiger partial charge in [-0.3, -0.25) is 4.79 Å². The molecule has 1 unspecified atom stereocenters. The highest BCUT2D eigenvalue weighted by atomic mass is 16.1. The first-order valence-electron chi connectivity index (χ1n) is 9.84. The molecule has 4 rings (SSSR count). The number of aromatic amines is 1. The average molecular weight is 361 g/mol. The fourth-order valence-electron chi connectivity index (χ4n) is 4.23. The molecule has 1 fully saturated rings. The number of hydrogen-bond donors (Lipinski definition) is 3. The number of fused-ring (bicyclic) bond motifs is 1. The van der Waals surface area contributed by atoms with Crippen LogP contribution in [0.25, 0.3) is 10.9 Å². The summed E-state index contributed by atoms with van der Waals surface area (Å²) in [6, 6.07) is 18.7. The SMILES string of the molecule is Cc1cccc2cc(C(=O)NCC(c3ccccc3)C3CCNCC3)[nH]c12. The molecule has 3 aromatic rings. The minimum atomic E-state index is -0.0273. The van der Waals surface area contributed by atoms with Gasteiger partial charge in [-0.25, -0.2) is 0 Å². The molecule has 0 aliphatic carbocycles. The molecule has 0 saturated carbocycles. The van der Waals surface area contributed by atoms with Gasteiger partial charge in [0.05, 0.1) is 0 Å². The van der Waals surface area contributed by atoms with E-state index in [1.807, 2.05) is 24.3 Å². The third kappa shape index (κ3) is 3.91. The lowest BCUT2D eigenvalue weighted by atomic mass is 9.80. The molecule has 1 aliphatic heterocycles. The van der Waals surface area contributed by atoms with E-state index in [-0.39, 0.29) is 5.91 Å². The van der Waals surface area contributed by atoms with Gasteiger partial charge in [0.25, 0.3) is 5.91 Å². The van der Waals surface area contributed by atoms with E-state index in [2.05, 4.69) is 52.9 Å². The quantitative estimate of drug-likeness (QED) is 0.644. The third-order valence-electron chi connectivity index (χ3n) is 5.77. The number of aromatic nitrogens is 1. The van der Waals surface area contributed by atoms with E-state index in [0.29, 0.717) is 24.1 Å². The zero-order valence-corrected chi connectivity index (χ0v) is 15.8. The van der Waals surface area contributed by atoms with Gasteiger partial charge in [-0.05, 0) is 56.0 Å². The van der Waals surface area contributed by atoms with Crippen LogP contribution in [-0.2, 0) is 0 Å². The van der Waals surface area contributed by atoms with Crippen LogP contribution in [0.5, 0.6) is 0 Å². The van der Waals surface area contributed by atoms with Gasteiger partial charge in [0, 0.05) is 23.4 Å². The number of aryl methyl sites for hydroxylation is 1. The Balaban J connectivity index is 1.50. The van der Waals surface area contributed by atoms with E-state index in [0.717, 1.165) is 42.4 Å². The summed E-state index contributed by atoms with van der Waals surface area (Å²) in [6.45, 7) is 4.84. The van der Waals surface area contributed by atoms with E-state index >= 15 is 0 Å². The van der Waals surface area contributed by atoms with Crippen LogP contribution in [0, 0.1) is 12.8 Å². The summed E-state index contributed by atoms with van der Waals surface area (Å²) >= 11 is 0. The van der Waals surface area contributed by atoms with Crippen molar-refractivity contribution in [2.75, 3.05) is 19.6 Å². The van der Waals surface area contributed by atoms with Crippen molar-refractivity contribution in [2.24, 2.45) is 5.92 Å². The fourth-order valence-corrected chi connectivity index (χ4v) is 4.23. The highest BCUT2D eigenvalue weighted by Crippen LogP contribution is 2.30. The molecule has 1 aromatic heterocycles. The highest BCUT2D eigenvalue weighted by molar-refractivity contribution is 5.98. The van der Waals surface area contributed by atoms with Gasteiger partial charge >= 0.3 is 0 Å². The third-order valence-corrected chi connectivity index (χ3v) is 5.77. The van der Waals surface area contributed by atoms with E-state index < -0.39 is 0 Å². The zero-order chi connectivity index (χ0) is 18.6. The van der Waals surface area contributed by atoms with Crippen LogP contribution in [0.15, 0.2) is 54.6 Å². The smallest absolute Gasteiger partial charge is 0.267 e. The van der Waals surface area contributed by atoms with Crippen molar-refractivity contribution < 1.29 is 4.79 Å². The van der Waals surface area contributed by atoms with E-state index in [1.54, 1.807) is 0 Å². The molecule has 1 aliphatic rings. The van der Waals surface area contributed by atoms with Gasteiger partial charge in [-0.2, -0.15) is 0 Å². The van der Waals surface area contributed by atoms with Crippen LogP contribution in [-0.4, -0.2) is 30.5 Å². The van der Waals surface area contributed by atoms with E-state index in [4.69, 9.17) is 0 Å². The lowest BCUT2D eigenvalue weighted by Crippen LogP contribution is -2.36. The number of para-hydroxylation sites is 1. The Labute approximate surface area is 160 Å². The molecule has 0 spiro atoms. The van der Waals surface area contributed by atoms with Crippen molar-refractivity contribution in [3.63, 3.8) is 0 Å². The first kappa shape index (κ1) is 17.8. The Bertz CT molecular complexity index is 910. The Kier molecular flexibility index (Phi) is 5.26. The number of H-pyrrole nitrogens is 1. The summed E-state index contributed by atoms with van der Waals surface area (Å²) in [5.74, 6) is 0.919. The van der Waals surface area contributed by atoms with Crippen molar-refractivity contribution in [1.82, 2.24) is 15.6 Å². The maximum absolute atomic E-state index is 12.8. The van der Waals surface area contributed by atoms with Crippen LogP contribution in [0.2, 0.25) is 0 Å². The number of hydrogen-bond acceptors (Lipinski definition) is 2. The zero-order valence-electron chi connectivity index (χ0n) is 15.8. The van der Waals surface area contributed by atoms with Gasteiger partial charge < -0.3 is 15.6 Å². The molecule has 4 nitrogen and oxygen atoms in total. The lowest BCUT2D eigenvalue weighted by Gasteiger charge is -2.31. The standard InChI is InChI=1S/C23H27N3O/c1-16-6-5-9-19-14-21(26-22(16)19)23(27)25-15-20(17-7-3-2-4-8-17)18-10-12-24-13-11-18/h2-9,14,18,20,24,26H,10-13,15H2,1H3,(H,25,27). The second kappa shape index (κ2) is 7.97. The van der Waals surface area contributed by atoms with Crippen LogP contribution in [0.4, 0.5) is 0 Å². The summed E-state index contributed by atoms with van der Waals surface area (Å²) in [6.07, 6.45) is 2.31. The molecular formula is C23H27N3O. The van der Waals surface area contributed by atoms with Crippen molar-refractivity contribution in [2.45, 2.75) is 25.7 Å². The van der Waals surface area contributed by atoms with E-state index in [1.165, 1.54) is 5.56 Å². The molecule has 2 heterocycles. The fraction of sp³-hybridized carbons (Fsp3) is 0.348. The van der Waals surface area contributed by atoms with Gasteiger partial charge in [-0.15, -0.1) is 0 Å². The maximum Gasteiger partial charge on any atom is 0.267 e. The normalized spacial score (nSPS) is 16.3. The Morgan fingerprint density at radius 1 is 1.11 bits per heavy atom. The van der Waals surface area contributed by atoms with Gasteiger partial charge in [0.2, 0.25) is 0 Å².